The number of thioether (sulfide) groups is 1. The Balaban J connectivity index is 2.29. The van der Waals surface area contributed by atoms with Crippen LogP contribution in [0.2, 0.25) is 0 Å². The molecule has 2 unspecified atom stereocenters. The minimum atomic E-state index is 0.485. The summed E-state index contributed by atoms with van der Waals surface area (Å²) in [4.78, 5) is 0. The third-order valence-corrected chi connectivity index (χ3v) is 3.50. The second-order valence-electron chi connectivity index (χ2n) is 3.92. The van der Waals surface area contributed by atoms with Crippen molar-refractivity contribution in [2.24, 2.45) is 17.6 Å². The molecule has 2 heteroatoms. The first-order valence-corrected chi connectivity index (χ1v) is 5.69. The molecule has 0 aromatic rings. The molecule has 1 heterocycles. The summed E-state index contributed by atoms with van der Waals surface area (Å²) in [6.45, 7) is 4.57. The van der Waals surface area contributed by atoms with E-state index in [1.54, 1.807) is 0 Å². The maximum absolute atomic E-state index is 6.01. The van der Waals surface area contributed by atoms with E-state index < -0.39 is 0 Å². The van der Waals surface area contributed by atoms with Crippen molar-refractivity contribution in [2.45, 2.75) is 32.7 Å². The van der Waals surface area contributed by atoms with Crippen molar-refractivity contribution in [3.05, 3.63) is 0 Å². The van der Waals surface area contributed by atoms with E-state index in [-0.39, 0.29) is 0 Å². The highest BCUT2D eigenvalue weighted by molar-refractivity contribution is 7.99. The Morgan fingerprint density at radius 1 is 1.55 bits per heavy atom. The third-order valence-electron chi connectivity index (χ3n) is 2.31. The van der Waals surface area contributed by atoms with Crippen molar-refractivity contribution >= 4 is 11.8 Å². The largest absolute Gasteiger partial charge is 0.327 e. The highest BCUT2D eigenvalue weighted by Gasteiger charge is 2.22. The Labute approximate surface area is 74.1 Å². The first-order chi connectivity index (χ1) is 5.20. The predicted molar refractivity (Wildman–Crippen MR) is 52.9 cm³/mol. The minimum absolute atomic E-state index is 0.485. The number of nitrogens with two attached hydrogens (primary N) is 1. The monoisotopic (exact) mass is 173 g/mol. The molecule has 0 radical (unpaired) electrons. The number of hydrogen-bond donors (Lipinski definition) is 1. The van der Waals surface area contributed by atoms with Gasteiger partial charge in [-0.05, 0) is 36.2 Å². The second-order valence-corrected chi connectivity index (χ2v) is 5.07. The topological polar surface area (TPSA) is 26.0 Å². The highest BCUT2D eigenvalue weighted by Crippen LogP contribution is 2.26. The standard InChI is InChI=1S/C9H19NS/c1-7(2)5-8-6-11-4-3-9(8)10/h7-9H,3-6,10H2,1-2H3. The quantitative estimate of drug-likeness (QED) is 0.692. The fourth-order valence-electron chi connectivity index (χ4n) is 1.66. The lowest BCUT2D eigenvalue weighted by atomic mass is 9.91. The molecule has 11 heavy (non-hydrogen) atoms. The first-order valence-electron chi connectivity index (χ1n) is 4.53. The molecule has 0 spiro atoms. The summed E-state index contributed by atoms with van der Waals surface area (Å²) in [5, 5.41) is 0. The minimum Gasteiger partial charge on any atom is -0.327 e. The summed E-state index contributed by atoms with van der Waals surface area (Å²) < 4.78 is 0. The van der Waals surface area contributed by atoms with E-state index in [9.17, 15) is 0 Å². The van der Waals surface area contributed by atoms with Crippen molar-refractivity contribution in [2.75, 3.05) is 11.5 Å². The average Bonchev–Trinajstić information content (AvgIpc) is 1.93. The van der Waals surface area contributed by atoms with Crippen LogP contribution in [0.3, 0.4) is 0 Å². The van der Waals surface area contributed by atoms with Gasteiger partial charge in [0.25, 0.3) is 0 Å². The molecule has 1 fully saturated rings. The molecule has 0 aromatic carbocycles. The third kappa shape index (κ3) is 3.04. The summed E-state index contributed by atoms with van der Waals surface area (Å²) in [6.07, 6.45) is 2.54. The lowest BCUT2D eigenvalue weighted by Gasteiger charge is -2.29. The number of rotatable bonds is 2. The molecule has 0 aliphatic carbocycles. The van der Waals surface area contributed by atoms with Crippen LogP contribution in [0.15, 0.2) is 0 Å². The van der Waals surface area contributed by atoms with Gasteiger partial charge in [-0.15, -0.1) is 0 Å². The molecule has 0 bridgehead atoms. The van der Waals surface area contributed by atoms with E-state index in [1.807, 2.05) is 0 Å². The fraction of sp³-hybridized carbons (Fsp3) is 1.00. The van der Waals surface area contributed by atoms with Crippen LogP contribution in [-0.2, 0) is 0 Å². The maximum atomic E-state index is 6.01. The van der Waals surface area contributed by atoms with Crippen molar-refractivity contribution in [3.63, 3.8) is 0 Å². The van der Waals surface area contributed by atoms with Gasteiger partial charge in [0.15, 0.2) is 0 Å². The van der Waals surface area contributed by atoms with Crippen molar-refractivity contribution in [1.82, 2.24) is 0 Å². The SMILES string of the molecule is CC(C)CC1CSCCC1N. The van der Waals surface area contributed by atoms with Crippen LogP contribution in [0.4, 0.5) is 0 Å². The lowest BCUT2D eigenvalue weighted by Crippen LogP contribution is -2.36. The molecule has 2 atom stereocenters. The van der Waals surface area contributed by atoms with Crippen molar-refractivity contribution in [1.29, 1.82) is 0 Å². The molecular formula is C9H19NS. The zero-order valence-corrected chi connectivity index (χ0v) is 8.36. The molecule has 1 rings (SSSR count). The highest BCUT2D eigenvalue weighted by atomic mass is 32.2. The number of hydrogen-bond acceptors (Lipinski definition) is 2. The molecule has 66 valence electrons. The van der Waals surface area contributed by atoms with E-state index in [0.717, 1.165) is 11.8 Å². The molecule has 0 amide bonds. The van der Waals surface area contributed by atoms with Crippen LogP contribution in [-0.4, -0.2) is 17.5 Å². The summed E-state index contributed by atoms with van der Waals surface area (Å²) >= 11 is 2.07. The van der Waals surface area contributed by atoms with E-state index in [0.29, 0.717) is 6.04 Å². The molecule has 0 saturated carbocycles. The molecule has 1 nitrogen and oxygen atoms in total. The molecule has 1 aliphatic heterocycles. The van der Waals surface area contributed by atoms with Gasteiger partial charge in [-0.3, -0.25) is 0 Å². The van der Waals surface area contributed by atoms with Crippen molar-refractivity contribution < 1.29 is 0 Å². The first kappa shape index (κ1) is 9.40. The van der Waals surface area contributed by atoms with Gasteiger partial charge in [-0.25, -0.2) is 0 Å². The van der Waals surface area contributed by atoms with Crippen LogP contribution in [0.25, 0.3) is 0 Å². The average molecular weight is 173 g/mol. The van der Waals surface area contributed by atoms with Crippen LogP contribution >= 0.6 is 11.8 Å². The summed E-state index contributed by atoms with van der Waals surface area (Å²) in [7, 11) is 0. The fourth-order valence-corrected chi connectivity index (χ4v) is 2.95. The van der Waals surface area contributed by atoms with E-state index in [4.69, 9.17) is 5.73 Å². The maximum Gasteiger partial charge on any atom is 0.00829 e. The molecule has 1 aliphatic rings. The van der Waals surface area contributed by atoms with E-state index >= 15 is 0 Å². The smallest absolute Gasteiger partial charge is 0.00829 e. The zero-order valence-electron chi connectivity index (χ0n) is 7.55. The van der Waals surface area contributed by atoms with Gasteiger partial charge >= 0.3 is 0 Å². The van der Waals surface area contributed by atoms with E-state index in [2.05, 4.69) is 25.6 Å². The van der Waals surface area contributed by atoms with Crippen LogP contribution in [0.1, 0.15) is 26.7 Å². The molecule has 0 aromatic heterocycles. The Hall–Kier alpha value is 0.310. The summed E-state index contributed by atoms with van der Waals surface area (Å²) in [6, 6.07) is 0.485. The Morgan fingerprint density at radius 3 is 2.82 bits per heavy atom. The second kappa shape index (κ2) is 4.36. The van der Waals surface area contributed by atoms with E-state index in [1.165, 1.54) is 24.3 Å². The van der Waals surface area contributed by atoms with Gasteiger partial charge in [-0.2, -0.15) is 11.8 Å². The molecule has 2 N–H and O–H groups in total. The van der Waals surface area contributed by atoms with Gasteiger partial charge in [0.1, 0.15) is 0 Å². The van der Waals surface area contributed by atoms with Crippen LogP contribution < -0.4 is 5.73 Å². The summed E-state index contributed by atoms with van der Waals surface area (Å²) in [5.41, 5.74) is 6.01. The van der Waals surface area contributed by atoms with Gasteiger partial charge < -0.3 is 5.73 Å². The Bertz CT molecular complexity index is 114. The molecule has 1 saturated heterocycles. The zero-order chi connectivity index (χ0) is 8.27. The van der Waals surface area contributed by atoms with Crippen molar-refractivity contribution in [3.8, 4) is 0 Å². The van der Waals surface area contributed by atoms with Crippen LogP contribution in [0.5, 0.6) is 0 Å². The lowest BCUT2D eigenvalue weighted by molar-refractivity contribution is 0.365. The Morgan fingerprint density at radius 2 is 2.27 bits per heavy atom. The molecular weight excluding hydrogens is 154 g/mol. The normalized spacial score (nSPS) is 32.7. The van der Waals surface area contributed by atoms with Gasteiger partial charge in [0.2, 0.25) is 0 Å². The Kier molecular flexibility index (Phi) is 3.73. The summed E-state index contributed by atoms with van der Waals surface area (Å²) in [5.74, 6) is 4.16. The van der Waals surface area contributed by atoms with Gasteiger partial charge in [0.05, 0.1) is 0 Å². The van der Waals surface area contributed by atoms with Gasteiger partial charge in [-0.1, -0.05) is 13.8 Å². The van der Waals surface area contributed by atoms with Crippen LogP contribution in [0, 0.1) is 11.8 Å². The predicted octanol–water partition coefficient (Wildman–Crippen LogP) is 2.11. The van der Waals surface area contributed by atoms with Gasteiger partial charge in [0, 0.05) is 6.04 Å².